The first kappa shape index (κ1) is 11.7. The van der Waals surface area contributed by atoms with Crippen molar-refractivity contribution in [2.75, 3.05) is 6.54 Å². The Morgan fingerprint density at radius 2 is 2.11 bits per heavy atom. The van der Waals surface area contributed by atoms with Crippen LogP contribution in [0.15, 0.2) is 0 Å². The van der Waals surface area contributed by atoms with E-state index in [1.807, 2.05) is 0 Å². The molecule has 18 heavy (non-hydrogen) atoms. The zero-order valence-electron chi connectivity index (χ0n) is 10.6. The smallest absolute Gasteiger partial charge is 0.272 e. The second-order valence-electron chi connectivity index (χ2n) is 5.26. The van der Waals surface area contributed by atoms with Crippen molar-refractivity contribution in [2.24, 2.45) is 0 Å². The molecule has 5 heteroatoms. The van der Waals surface area contributed by atoms with Crippen molar-refractivity contribution >= 4 is 5.91 Å². The Balaban J connectivity index is 1.70. The molecule has 0 atom stereocenters. The van der Waals surface area contributed by atoms with Crippen molar-refractivity contribution in [3.05, 3.63) is 17.0 Å². The molecule has 0 saturated heterocycles. The molecular weight excluding hydrogens is 228 g/mol. The molecule has 1 aromatic rings. The molecule has 0 unspecified atom stereocenters. The molecule has 2 aliphatic rings. The van der Waals surface area contributed by atoms with E-state index >= 15 is 0 Å². The molecule has 1 saturated carbocycles. The minimum atomic E-state index is -0.0110. The number of nitrogens with one attached hydrogen (secondary N) is 3. The van der Waals surface area contributed by atoms with E-state index in [-0.39, 0.29) is 5.91 Å². The summed E-state index contributed by atoms with van der Waals surface area (Å²) in [7, 11) is 0. The summed E-state index contributed by atoms with van der Waals surface area (Å²) in [6, 6.07) is 0.343. The summed E-state index contributed by atoms with van der Waals surface area (Å²) in [4.78, 5) is 12.2. The Labute approximate surface area is 107 Å². The summed E-state index contributed by atoms with van der Waals surface area (Å²) in [5.74, 6) is -0.0110. The highest BCUT2D eigenvalue weighted by atomic mass is 16.2. The van der Waals surface area contributed by atoms with Crippen molar-refractivity contribution in [3.8, 4) is 0 Å². The van der Waals surface area contributed by atoms with E-state index in [9.17, 15) is 4.79 Å². The van der Waals surface area contributed by atoms with Crippen molar-refractivity contribution < 1.29 is 4.79 Å². The number of nitrogens with zero attached hydrogens (tertiary/aromatic N) is 1. The quantitative estimate of drug-likeness (QED) is 0.734. The fourth-order valence-electron chi connectivity index (χ4n) is 2.91. The van der Waals surface area contributed by atoms with Gasteiger partial charge < -0.3 is 10.6 Å². The van der Waals surface area contributed by atoms with Gasteiger partial charge in [0.05, 0.1) is 0 Å². The summed E-state index contributed by atoms with van der Waals surface area (Å²) < 4.78 is 0. The summed E-state index contributed by atoms with van der Waals surface area (Å²) in [6.07, 6.45) is 6.90. The van der Waals surface area contributed by atoms with Gasteiger partial charge in [-0.25, -0.2) is 0 Å². The third-order valence-electron chi connectivity index (χ3n) is 3.96. The first-order valence-electron chi connectivity index (χ1n) is 6.92. The molecule has 1 aromatic heterocycles. The first-order chi connectivity index (χ1) is 8.84. The van der Waals surface area contributed by atoms with E-state index in [4.69, 9.17) is 0 Å². The van der Waals surface area contributed by atoms with Gasteiger partial charge in [0.15, 0.2) is 5.69 Å². The average Bonchev–Trinajstić information content (AvgIpc) is 2.84. The number of amides is 1. The summed E-state index contributed by atoms with van der Waals surface area (Å²) in [5.41, 5.74) is 2.75. The Hall–Kier alpha value is -1.36. The van der Waals surface area contributed by atoms with Crippen molar-refractivity contribution in [3.63, 3.8) is 0 Å². The van der Waals surface area contributed by atoms with Gasteiger partial charge in [0, 0.05) is 36.8 Å². The van der Waals surface area contributed by atoms with Crippen molar-refractivity contribution in [1.82, 2.24) is 20.8 Å². The van der Waals surface area contributed by atoms with Crippen LogP contribution in [0, 0.1) is 0 Å². The molecule has 1 amide bonds. The number of hydrogen-bond acceptors (Lipinski definition) is 3. The molecular formula is C13H20N4O. The van der Waals surface area contributed by atoms with Gasteiger partial charge in [0.1, 0.15) is 0 Å². The maximum absolute atomic E-state index is 12.2. The van der Waals surface area contributed by atoms with Gasteiger partial charge in [-0.15, -0.1) is 0 Å². The zero-order chi connectivity index (χ0) is 12.4. The lowest BCUT2D eigenvalue weighted by Gasteiger charge is -2.22. The number of hydrogen-bond donors (Lipinski definition) is 3. The Kier molecular flexibility index (Phi) is 3.32. The van der Waals surface area contributed by atoms with Crippen molar-refractivity contribution in [1.29, 1.82) is 0 Å². The predicted octanol–water partition coefficient (Wildman–Crippen LogP) is 1.12. The highest BCUT2D eigenvalue weighted by Gasteiger charge is 2.23. The van der Waals surface area contributed by atoms with Crippen LogP contribution in [0.5, 0.6) is 0 Å². The number of H-pyrrole nitrogens is 1. The van der Waals surface area contributed by atoms with E-state index in [0.717, 1.165) is 43.6 Å². The van der Waals surface area contributed by atoms with Crippen LogP contribution in [0.25, 0.3) is 0 Å². The number of aromatic amines is 1. The minimum Gasteiger partial charge on any atom is -0.348 e. The maximum atomic E-state index is 12.2. The molecule has 5 nitrogen and oxygen atoms in total. The van der Waals surface area contributed by atoms with E-state index in [1.165, 1.54) is 19.3 Å². The number of fused-ring (bicyclic) bond motifs is 1. The van der Waals surface area contributed by atoms with Gasteiger partial charge >= 0.3 is 0 Å². The van der Waals surface area contributed by atoms with Crippen LogP contribution in [0.1, 0.15) is 53.8 Å². The second kappa shape index (κ2) is 5.10. The SMILES string of the molecule is O=C(NC1CCCCC1)c1n[nH]c2c1CNCC2. The summed E-state index contributed by atoms with van der Waals surface area (Å²) in [5, 5.41) is 13.6. The van der Waals surface area contributed by atoms with Crippen LogP contribution >= 0.6 is 0 Å². The van der Waals surface area contributed by atoms with Gasteiger partial charge in [-0.3, -0.25) is 9.89 Å². The highest BCUT2D eigenvalue weighted by molar-refractivity contribution is 5.94. The number of carbonyl (C=O) groups excluding carboxylic acids is 1. The Morgan fingerprint density at radius 3 is 2.94 bits per heavy atom. The van der Waals surface area contributed by atoms with Crippen LogP contribution in [0.4, 0.5) is 0 Å². The van der Waals surface area contributed by atoms with E-state index < -0.39 is 0 Å². The Bertz CT molecular complexity index is 434. The molecule has 0 radical (unpaired) electrons. The predicted molar refractivity (Wildman–Crippen MR) is 68.3 cm³/mol. The normalized spacial score (nSPS) is 20.4. The van der Waals surface area contributed by atoms with E-state index in [1.54, 1.807) is 0 Å². The molecule has 1 fully saturated rings. The average molecular weight is 248 g/mol. The van der Waals surface area contributed by atoms with Crippen LogP contribution in [0.2, 0.25) is 0 Å². The monoisotopic (exact) mass is 248 g/mol. The maximum Gasteiger partial charge on any atom is 0.272 e. The van der Waals surface area contributed by atoms with Gasteiger partial charge in [-0.2, -0.15) is 5.10 Å². The minimum absolute atomic E-state index is 0.0110. The van der Waals surface area contributed by atoms with Crippen LogP contribution in [-0.2, 0) is 13.0 Å². The molecule has 3 rings (SSSR count). The molecule has 1 aliphatic heterocycles. The van der Waals surface area contributed by atoms with E-state index in [0.29, 0.717) is 11.7 Å². The van der Waals surface area contributed by atoms with Gasteiger partial charge in [0.2, 0.25) is 0 Å². The number of carbonyl (C=O) groups is 1. The lowest BCUT2D eigenvalue weighted by atomic mass is 9.95. The van der Waals surface area contributed by atoms with Gasteiger partial charge in [-0.05, 0) is 12.8 Å². The van der Waals surface area contributed by atoms with Crippen LogP contribution in [-0.4, -0.2) is 28.7 Å². The molecule has 2 heterocycles. The number of rotatable bonds is 2. The molecule has 3 N–H and O–H groups in total. The van der Waals surface area contributed by atoms with Crippen LogP contribution < -0.4 is 10.6 Å². The van der Waals surface area contributed by atoms with E-state index in [2.05, 4.69) is 20.8 Å². The number of aromatic nitrogens is 2. The van der Waals surface area contributed by atoms with Crippen LogP contribution in [0.3, 0.4) is 0 Å². The third kappa shape index (κ3) is 2.27. The molecule has 0 bridgehead atoms. The topological polar surface area (TPSA) is 69.8 Å². The first-order valence-corrected chi connectivity index (χ1v) is 6.92. The standard InChI is InChI=1S/C13H20N4O/c18-13(15-9-4-2-1-3-5-9)12-10-8-14-7-6-11(10)16-17-12/h9,14H,1-8H2,(H,15,18)(H,16,17). The lowest BCUT2D eigenvalue weighted by molar-refractivity contribution is 0.0921. The Morgan fingerprint density at radius 1 is 1.28 bits per heavy atom. The molecule has 98 valence electrons. The lowest BCUT2D eigenvalue weighted by Crippen LogP contribution is -2.37. The molecule has 0 spiro atoms. The highest BCUT2D eigenvalue weighted by Crippen LogP contribution is 2.19. The fourth-order valence-corrected chi connectivity index (χ4v) is 2.91. The molecule has 0 aromatic carbocycles. The van der Waals surface area contributed by atoms with Gasteiger partial charge in [0.25, 0.3) is 5.91 Å². The fraction of sp³-hybridized carbons (Fsp3) is 0.692. The summed E-state index contributed by atoms with van der Waals surface area (Å²) in [6.45, 7) is 1.71. The molecule has 1 aliphatic carbocycles. The zero-order valence-corrected chi connectivity index (χ0v) is 10.6. The van der Waals surface area contributed by atoms with Crippen molar-refractivity contribution in [2.45, 2.75) is 51.1 Å². The largest absolute Gasteiger partial charge is 0.348 e. The second-order valence-corrected chi connectivity index (χ2v) is 5.26. The van der Waals surface area contributed by atoms with Gasteiger partial charge in [-0.1, -0.05) is 19.3 Å². The summed E-state index contributed by atoms with van der Waals surface area (Å²) >= 11 is 0. The third-order valence-corrected chi connectivity index (χ3v) is 3.96.